The van der Waals surface area contributed by atoms with E-state index < -0.39 is 0 Å². The lowest BCUT2D eigenvalue weighted by molar-refractivity contribution is 0.686. The molecule has 0 aromatic heterocycles. The van der Waals surface area contributed by atoms with E-state index in [0.29, 0.717) is 0 Å². The summed E-state index contributed by atoms with van der Waals surface area (Å²) in [5, 5.41) is 0. The molecule has 0 aliphatic heterocycles. The Bertz CT molecular complexity index is 172. The summed E-state index contributed by atoms with van der Waals surface area (Å²) in [6, 6.07) is 0. The summed E-state index contributed by atoms with van der Waals surface area (Å²) >= 11 is 0. The van der Waals surface area contributed by atoms with Crippen molar-refractivity contribution in [3.05, 3.63) is 17.9 Å². The van der Waals surface area contributed by atoms with Crippen molar-refractivity contribution in [2.24, 2.45) is 17.8 Å². The summed E-state index contributed by atoms with van der Waals surface area (Å²) < 4.78 is 0. The maximum Gasteiger partial charge on any atom is -0.0241 e. The van der Waals surface area contributed by atoms with Crippen molar-refractivity contribution in [1.29, 1.82) is 0 Å². The number of hydrogen-bond donors (Lipinski definition) is 0. The number of rotatable bonds is 3. The van der Waals surface area contributed by atoms with Crippen LogP contribution in [0.4, 0.5) is 0 Å². The van der Waals surface area contributed by atoms with Gasteiger partial charge in [-0.25, -0.2) is 0 Å². The molecule has 1 rings (SSSR count). The summed E-state index contributed by atoms with van der Waals surface area (Å²) in [6.07, 6.45) is 6.75. The van der Waals surface area contributed by atoms with Crippen LogP contribution >= 0.6 is 0 Å². The first-order valence-corrected chi connectivity index (χ1v) is 4.66. The van der Waals surface area contributed by atoms with Crippen LogP contribution in [-0.4, -0.2) is 0 Å². The fourth-order valence-corrected chi connectivity index (χ4v) is 2.02. The van der Waals surface area contributed by atoms with Crippen LogP contribution in [0.5, 0.6) is 0 Å². The summed E-state index contributed by atoms with van der Waals surface area (Å²) in [7, 11) is 0. The molecule has 0 bridgehead atoms. The zero-order chi connectivity index (χ0) is 8.27. The molecular weight excluding hydrogens is 132 g/mol. The molecule has 0 N–H and O–H groups in total. The minimum Gasteiger partial charge on any atom is -0.130 e. The second-order valence-electron chi connectivity index (χ2n) is 3.49. The van der Waals surface area contributed by atoms with Crippen molar-refractivity contribution in [3.63, 3.8) is 0 Å². The first-order valence-electron chi connectivity index (χ1n) is 4.66. The third-order valence-electron chi connectivity index (χ3n) is 2.91. The topological polar surface area (TPSA) is 0 Å². The monoisotopic (exact) mass is 150 g/mol. The Labute approximate surface area is 70.0 Å². The van der Waals surface area contributed by atoms with Gasteiger partial charge in [0.05, 0.1) is 0 Å². The molecule has 0 aromatic rings. The van der Waals surface area contributed by atoms with Crippen molar-refractivity contribution >= 4 is 0 Å². The van der Waals surface area contributed by atoms with Gasteiger partial charge in [-0.05, 0) is 43.3 Å². The van der Waals surface area contributed by atoms with E-state index in [-0.39, 0.29) is 0 Å². The molecule has 1 aliphatic carbocycles. The summed E-state index contributed by atoms with van der Waals surface area (Å²) in [5.74, 6) is 2.94. The number of hydrogen-bond acceptors (Lipinski definition) is 0. The van der Waals surface area contributed by atoms with E-state index in [2.05, 4.69) is 25.7 Å². The van der Waals surface area contributed by atoms with Crippen LogP contribution in [0.25, 0.3) is 0 Å². The van der Waals surface area contributed by atoms with Crippen molar-refractivity contribution in [3.8, 4) is 0 Å². The van der Waals surface area contributed by atoms with Crippen molar-refractivity contribution in [2.75, 3.05) is 0 Å². The molecule has 1 aliphatic rings. The lowest BCUT2D eigenvalue weighted by atomic mass is 10.2. The Morgan fingerprint density at radius 2 is 2.09 bits per heavy atom. The lowest BCUT2D eigenvalue weighted by Crippen LogP contribution is -1.76. The fraction of sp³-hybridized carbons (Fsp3) is 0.727. The van der Waals surface area contributed by atoms with Gasteiger partial charge in [-0.2, -0.15) is 0 Å². The molecule has 0 heterocycles. The summed E-state index contributed by atoms with van der Waals surface area (Å²) in [6.45, 7) is 6.67. The second-order valence-corrected chi connectivity index (χ2v) is 3.49. The molecule has 0 heteroatoms. The lowest BCUT2D eigenvalue weighted by Gasteiger charge is -1.87. The SMILES string of the molecule is CC=C=CCC1C(C)C1CC. The predicted octanol–water partition coefficient (Wildman–Crippen LogP) is 3.40. The fourth-order valence-electron chi connectivity index (χ4n) is 2.02. The molecule has 0 spiro atoms. The highest BCUT2D eigenvalue weighted by atomic mass is 14.5. The maximum absolute atomic E-state index is 3.13. The smallest absolute Gasteiger partial charge is 0.0241 e. The molecule has 11 heavy (non-hydrogen) atoms. The second kappa shape index (κ2) is 3.78. The van der Waals surface area contributed by atoms with E-state index in [1.807, 2.05) is 13.0 Å². The first-order chi connectivity index (χ1) is 5.31. The molecule has 1 fully saturated rings. The van der Waals surface area contributed by atoms with Crippen LogP contribution < -0.4 is 0 Å². The Morgan fingerprint density at radius 1 is 1.36 bits per heavy atom. The predicted molar refractivity (Wildman–Crippen MR) is 49.4 cm³/mol. The van der Waals surface area contributed by atoms with Gasteiger partial charge in [0, 0.05) is 0 Å². The van der Waals surface area contributed by atoms with Gasteiger partial charge in [-0.1, -0.05) is 20.3 Å². The van der Waals surface area contributed by atoms with Crippen molar-refractivity contribution in [1.82, 2.24) is 0 Å². The van der Waals surface area contributed by atoms with Gasteiger partial charge < -0.3 is 0 Å². The van der Waals surface area contributed by atoms with Gasteiger partial charge in [0.15, 0.2) is 0 Å². The molecule has 3 unspecified atom stereocenters. The molecule has 0 aromatic carbocycles. The third kappa shape index (κ3) is 1.97. The quantitative estimate of drug-likeness (QED) is 0.541. The zero-order valence-corrected chi connectivity index (χ0v) is 7.80. The molecular formula is C11H18. The molecule has 62 valence electrons. The Kier molecular flexibility index (Phi) is 2.96. The average Bonchev–Trinajstić information content (AvgIpc) is 2.62. The van der Waals surface area contributed by atoms with Crippen LogP contribution in [0, 0.1) is 17.8 Å². The van der Waals surface area contributed by atoms with Gasteiger partial charge >= 0.3 is 0 Å². The molecule has 3 atom stereocenters. The highest BCUT2D eigenvalue weighted by Gasteiger charge is 2.43. The Hall–Kier alpha value is -0.480. The van der Waals surface area contributed by atoms with E-state index >= 15 is 0 Å². The van der Waals surface area contributed by atoms with E-state index in [0.717, 1.165) is 17.8 Å². The van der Waals surface area contributed by atoms with Crippen LogP contribution in [0.15, 0.2) is 17.9 Å². The third-order valence-corrected chi connectivity index (χ3v) is 2.91. The largest absolute Gasteiger partial charge is 0.130 e. The van der Waals surface area contributed by atoms with E-state index in [4.69, 9.17) is 0 Å². The Morgan fingerprint density at radius 3 is 2.55 bits per heavy atom. The van der Waals surface area contributed by atoms with E-state index in [9.17, 15) is 0 Å². The molecule has 1 saturated carbocycles. The van der Waals surface area contributed by atoms with Crippen molar-refractivity contribution < 1.29 is 0 Å². The minimum absolute atomic E-state index is 0.965. The first kappa shape index (κ1) is 8.62. The Balaban J connectivity index is 2.26. The normalized spacial score (nSPS) is 34.3. The standard InChI is InChI=1S/C11H18/c1-4-6-7-8-11-9(3)10(11)5-2/h4,7,9-11H,5,8H2,1-3H3. The number of allylic oxidation sites excluding steroid dienone is 1. The average molecular weight is 150 g/mol. The molecule has 0 amide bonds. The zero-order valence-electron chi connectivity index (χ0n) is 7.80. The van der Waals surface area contributed by atoms with Gasteiger partial charge in [0.25, 0.3) is 0 Å². The molecule has 0 nitrogen and oxygen atoms in total. The van der Waals surface area contributed by atoms with Crippen LogP contribution in [-0.2, 0) is 0 Å². The van der Waals surface area contributed by atoms with Gasteiger partial charge in [0.1, 0.15) is 0 Å². The van der Waals surface area contributed by atoms with E-state index in [1.165, 1.54) is 12.8 Å². The van der Waals surface area contributed by atoms with Crippen LogP contribution in [0.1, 0.15) is 33.6 Å². The van der Waals surface area contributed by atoms with Crippen molar-refractivity contribution in [2.45, 2.75) is 33.6 Å². The van der Waals surface area contributed by atoms with Gasteiger partial charge in [-0.15, -0.1) is 5.73 Å². The highest BCUT2D eigenvalue weighted by molar-refractivity contribution is 4.98. The minimum atomic E-state index is 0.965. The van der Waals surface area contributed by atoms with Crippen LogP contribution in [0.2, 0.25) is 0 Å². The summed E-state index contributed by atoms with van der Waals surface area (Å²) in [5.41, 5.74) is 3.13. The summed E-state index contributed by atoms with van der Waals surface area (Å²) in [4.78, 5) is 0. The van der Waals surface area contributed by atoms with Gasteiger partial charge in [-0.3, -0.25) is 0 Å². The van der Waals surface area contributed by atoms with E-state index in [1.54, 1.807) is 0 Å². The van der Waals surface area contributed by atoms with Gasteiger partial charge in [0.2, 0.25) is 0 Å². The molecule has 0 saturated heterocycles. The maximum atomic E-state index is 3.13. The highest BCUT2D eigenvalue weighted by Crippen LogP contribution is 2.50. The van der Waals surface area contributed by atoms with Crippen LogP contribution in [0.3, 0.4) is 0 Å². The molecule has 0 radical (unpaired) electrons.